The average Bonchev–Trinajstić information content (AvgIpc) is 2.76. The first-order chi connectivity index (χ1) is 9.13. The Bertz CT molecular complexity index is 751. The van der Waals surface area contributed by atoms with Crippen LogP contribution in [-0.4, -0.2) is 9.67 Å². The molecule has 0 fully saturated rings. The third kappa shape index (κ3) is 2.36. The minimum atomic E-state index is -0.258. The van der Waals surface area contributed by atoms with Crippen LogP contribution in [0.1, 0.15) is 5.56 Å². The number of hydrogen-bond donors (Lipinski definition) is 1. The quantitative estimate of drug-likeness (QED) is 0.748. The molecule has 0 unspecified atom stereocenters. The molecule has 3 rings (SSSR count). The monoisotopic (exact) mass is 319 g/mol. The summed E-state index contributed by atoms with van der Waals surface area (Å²) in [6.07, 6.45) is 1.96. The molecule has 0 atom stereocenters. The van der Waals surface area contributed by atoms with Gasteiger partial charge in [-0.05, 0) is 57.9 Å². The molecule has 2 aromatic carbocycles. The van der Waals surface area contributed by atoms with Gasteiger partial charge in [-0.3, -0.25) is 0 Å². The third-order valence-electron chi connectivity index (χ3n) is 3.09. The summed E-state index contributed by atoms with van der Waals surface area (Å²) < 4.78 is 15.7. The Morgan fingerprint density at radius 2 is 1.95 bits per heavy atom. The number of benzene rings is 2. The van der Waals surface area contributed by atoms with E-state index in [0.29, 0.717) is 11.0 Å². The van der Waals surface area contributed by atoms with Gasteiger partial charge in [0.2, 0.25) is 0 Å². The zero-order valence-electron chi connectivity index (χ0n) is 9.98. The van der Waals surface area contributed by atoms with Gasteiger partial charge in [0, 0.05) is 23.6 Å². The fraction of sp³-hybridized carbons (Fsp3) is 0.0667. The second kappa shape index (κ2) is 4.70. The number of halogens is 2. The molecule has 0 bridgehead atoms. The average molecular weight is 320 g/mol. The number of phenolic OH excluding ortho intramolecular Hbond substituents is 1. The van der Waals surface area contributed by atoms with Crippen molar-refractivity contribution in [3.63, 3.8) is 0 Å². The van der Waals surface area contributed by atoms with Crippen LogP contribution in [0.25, 0.3) is 10.9 Å². The van der Waals surface area contributed by atoms with Gasteiger partial charge in [0.05, 0.1) is 4.47 Å². The van der Waals surface area contributed by atoms with Crippen LogP contribution in [0.15, 0.2) is 53.1 Å². The third-order valence-corrected chi connectivity index (χ3v) is 3.70. The van der Waals surface area contributed by atoms with Crippen LogP contribution < -0.4 is 0 Å². The molecule has 0 radical (unpaired) electrons. The lowest BCUT2D eigenvalue weighted by Crippen LogP contribution is -1.98. The lowest BCUT2D eigenvalue weighted by atomic mass is 10.2. The first-order valence-electron chi connectivity index (χ1n) is 5.85. The first-order valence-corrected chi connectivity index (χ1v) is 6.64. The highest BCUT2D eigenvalue weighted by Crippen LogP contribution is 2.23. The van der Waals surface area contributed by atoms with E-state index < -0.39 is 0 Å². The number of hydrogen-bond acceptors (Lipinski definition) is 1. The molecule has 3 aromatic rings. The number of fused-ring (bicyclic) bond motifs is 1. The Kier molecular flexibility index (Phi) is 3.03. The highest BCUT2D eigenvalue weighted by Gasteiger charge is 2.05. The van der Waals surface area contributed by atoms with Crippen molar-refractivity contribution in [3.8, 4) is 5.75 Å². The Morgan fingerprint density at radius 1 is 1.11 bits per heavy atom. The molecule has 0 saturated heterocycles. The van der Waals surface area contributed by atoms with Gasteiger partial charge in [0.15, 0.2) is 0 Å². The summed E-state index contributed by atoms with van der Waals surface area (Å²) in [6, 6.07) is 12.2. The van der Waals surface area contributed by atoms with Crippen molar-refractivity contribution in [1.29, 1.82) is 0 Å². The number of rotatable bonds is 2. The summed E-state index contributed by atoms with van der Waals surface area (Å²) in [7, 11) is 0. The molecular formula is C15H11BrFNO. The molecule has 1 aromatic heterocycles. The van der Waals surface area contributed by atoms with Crippen molar-refractivity contribution < 1.29 is 9.50 Å². The maximum absolute atomic E-state index is 13.2. The summed E-state index contributed by atoms with van der Waals surface area (Å²) in [4.78, 5) is 0. The standard InChI is InChI=1S/C15H11BrFNO/c16-13-7-10(1-3-14(13)17)9-18-6-5-11-8-12(19)2-4-15(11)18/h1-8,19H,9H2. The van der Waals surface area contributed by atoms with E-state index >= 15 is 0 Å². The van der Waals surface area contributed by atoms with E-state index in [1.807, 2.05) is 18.3 Å². The van der Waals surface area contributed by atoms with Crippen molar-refractivity contribution in [2.75, 3.05) is 0 Å². The number of aromatic nitrogens is 1. The van der Waals surface area contributed by atoms with Crippen molar-refractivity contribution in [3.05, 3.63) is 64.5 Å². The molecule has 1 heterocycles. The molecular weight excluding hydrogens is 309 g/mol. The molecule has 0 aliphatic carbocycles. The summed E-state index contributed by atoms with van der Waals surface area (Å²) in [5.41, 5.74) is 2.05. The van der Waals surface area contributed by atoms with Crippen LogP contribution in [0.2, 0.25) is 0 Å². The van der Waals surface area contributed by atoms with Crippen molar-refractivity contribution in [1.82, 2.24) is 4.57 Å². The predicted molar refractivity (Wildman–Crippen MR) is 76.8 cm³/mol. The van der Waals surface area contributed by atoms with Gasteiger partial charge in [-0.1, -0.05) is 6.07 Å². The van der Waals surface area contributed by atoms with Gasteiger partial charge in [0.1, 0.15) is 11.6 Å². The minimum absolute atomic E-state index is 0.258. The largest absolute Gasteiger partial charge is 0.508 e. The van der Waals surface area contributed by atoms with Crippen LogP contribution >= 0.6 is 15.9 Å². The Morgan fingerprint density at radius 3 is 2.74 bits per heavy atom. The zero-order valence-corrected chi connectivity index (χ0v) is 11.6. The van der Waals surface area contributed by atoms with Crippen LogP contribution in [0.5, 0.6) is 5.75 Å². The fourth-order valence-corrected chi connectivity index (χ4v) is 2.59. The van der Waals surface area contributed by atoms with E-state index in [1.165, 1.54) is 6.07 Å². The summed E-state index contributed by atoms with van der Waals surface area (Å²) in [5.74, 6) is 0.000753. The predicted octanol–water partition coefficient (Wildman–Crippen LogP) is 4.30. The lowest BCUT2D eigenvalue weighted by Gasteiger charge is -2.07. The van der Waals surface area contributed by atoms with Crippen molar-refractivity contribution >= 4 is 26.8 Å². The molecule has 19 heavy (non-hydrogen) atoms. The van der Waals surface area contributed by atoms with Crippen molar-refractivity contribution in [2.45, 2.75) is 6.54 Å². The molecule has 0 amide bonds. The Hall–Kier alpha value is -1.81. The topological polar surface area (TPSA) is 25.2 Å². The first kappa shape index (κ1) is 12.2. The number of phenols is 1. The molecule has 4 heteroatoms. The fourth-order valence-electron chi connectivity index (χ4n) is 2.16. The zero-order chi connectivity index (χ0) is 13.4. The van der Waals surface area contributed by atoms with E-state index in [-0.39, 0.29) is 11.6 Å². The number of aromatic hydroxyl groups is 1. The van der Waals surface area contributed by atoms with Gasteiger partial charge in [-0.25, -0.2) is 4.39 Å². The minimum Gasteiger partial charge on any atom is -0.508 e. The van der Waals surface area contributed by atoms with Crippen LogP contribution in [0.4, 0.5) is 4.39 Å². The molecule has 0 aliphatic rings. The summed E-state index contributed by atoms with van der Waals surface area (Å²) in [6.45, 7) is 0.660. The number of nitrogens with zero attached hydrogens (tertiary/aromatic N) is 1. The maximum Gasteiger partial charge on any atom is 0.137 e. The lowest BCUT2D eigenvalue weighted by molar-refractivity contribution is 0.476. The Balaban J connectivity index is 1.98. The van der Waals surface area contributed by atoms with E-state index in [0.717, 1.165) is 16.5 Å². The van der Waals surface area contributed by atoms with Gasteiger partial charge in [0.25, 0.3) is 0 Å². The second-order valence-corrected chi connectivity index (χ2v) is 5.29. The second-order valence-electron chi connectivity index (χ2n) is 4.44. The molecule has 2 nitrogen and oxygen atoms in total. The highest BCUT2D eigenvalue weighted by molar-refractivity contribution is 9.10. The maximum atomic E-state index is 13.2. The van der Waals surface area contributed by atoms with Gasteiger partial charge >= 0.3 is 0 Å². The van der Waals surface area contributed by atoms with Gasteiger partial charge < -0.3 is 9.67 Å². The van der Waals surface area contributed by atoms with E-state index in [2.05, 4.69) is 20.5 Å². The molecule has 0 spiro atoms. The molecule has 0 saturated carbocycles. The van der Waals surface area contributed by atoms with Crippen molar-refractivity contribution in [2.24, 2.45) is 0 Å². The van der Waals surface area contributed by atoms with Crippen LogP contribution in [0.3, 0.4) is 0 Å². The van der Waals surface area contributed by atoms with E-state index in [1.54, 1.807) is 24.3 Å². The smallest absolute Gasteiger partial charge is 0.137 e. The SMILES string of the molecule is Oc1ccc2c(ccn2Cc2ccc(F)c(Br)c2)c1. The van der Waals surface area contributed by atoms with Crippen LogP contribution in [0, 0.1) is 5.82 Å². The Labute approximate surface area is 118 Å². The normalized spacial score (nSPS) is 11.1. The molecule has 0 aliphatic heterocycles. The molecule has 96 valence electrons. The summed E-state index contributed by atoms with van der Waals surface area (Å²) >= 11 is 3.19. The summed E-state index contributed by atoms with van der Waals surface area (Å²) in [5, 5.41) is 10.4. The highest BCUT2D eigenvalue weighted by atomic mass is 79.9. The van der Waals surface area contributed by atoms with Crippen LogP contribution in [-0.2, 0) is 6.54 Å². The van der Waals surface area contributed by atoms with Gasteiger partial charge in [-0.15, -0.1) is 0 Å². The van der Waals surface area contributed by atoms with E-state index in [9.17, 15) is 9.50 Å². The van der Waals surface area contributed by atoms with Gasteiger partial charge in [-0.2, -0.15) is 0 Å². The molecule has 1 N–H and O–H groups in total. The van der Waals surface area contributed by atoms with E-state index in [4.69, 9.17) is 0 Å².